The second kappa shape index (κ2) is 6.28. The summed E-state index contributed by atoms with van der Waals surface area (Å²) in [5.74, 6) is -4.23. The normalized spacial score (nSPS) is 13.7. The molecule has 1 atom stereocenters. The van der Waals surface area contributed by atoms with Gasteiger partial charge in [-0.25, -0.2) is 8.78 Å². The van der Waals surface area contributed by atoms with Crippen LogP contribution in [0.5, 0.6) is 5.75 Å². The van der Waals surface area contributed by atoms with Crippen molar-refractivity contribution in [3.63, 3.8) is 0 Å². The highest BCUT2D eigenvalue weighted by molar-refractivity contribution is 9.10. The Balaban J connectivity index is 3.41. The van der Waals surface area contributed by atoms with E-state index < -0.39 is 18.4 Å². The minimum absolute atomic E-state index is 0.0316. The Kier molecular flexibility index (Phi) is 5.46. The zero-order valence-corrected chi connectivity index (χ0v) is 12.3. The fourth-order valence-electron chi connectivity index (χ4n) is 1.69. The number of hydrogen-bond acceptors (Lipinski definition) is 2. The van der Waals surface area contributed by atoms with Gasteiger partial charge in [0, 0.05) is 10.6 Å². The van der Waals surface area contributed by atoms with Crippen LogP contribution in [0.1, 0.15) is 11.6 Å². The van der Waals surface area contributed by atoms with E-state index in [0.717, 1.165) is 7.05 Å². The van der Waals surface area contributed by atoms with Crippen LogP contribution in [0.2, 0.25) is 5.02 Å². The number of benzene rings is 1. The molecule has 2 nitrogen and oxygen atoms in total. The van der Waals surface area contributed by atoms with Crippen molar-refractivity contribution in [3.05, 3.63) is 27.2 Å². The van der Waals surface area contributed by atoms with Crippen molar-refractivity contribution in [2.45, 2.75) is 18.4 Å². The van der Waals surface area contributed by atoms with Crippen molar-refractivity contribution in [2.75, 3.05) is 14.2 Å². The molecule has 1 unspecified atom stereocenters. The molecular weight excluding hydrogens is 353 g/mol. The average Bonchev–Trinajstić information content (AvgIpc) is 2.28. The van der Waals surface area contributed by atoms with Crippen LogP contribution in [0.4, 0.5) is 17.6 Å². The van der Waals surface area contributed by atoms with Gasteiger partial charge in [-0.2, -0.15) is 8.78 Å². The summed E-state index contributed by atoms with van der Waals surface area (Å²) in [6, 6.07) is 0.678. The lowest BCUT2D eigenvalue weighted by Gasteiger charge is -2.27. The van der Waals surface area contributed by atoms with Crippen molar-refractivity contribution < 1.29 is 22.3 Å². The zero-order chi connectivity index (χ0) is 14.8. The van der Waals surface area contributed by atoms with E-state index in [1.807, 2.05) is 0 Å². The number of rotatable bonds is 5. The first-order valence-corrected chi connectivity index (χ1v) is 6.29. The lowest BCUT2D eigenvalue weighted by atomic mass is 9.99. The van der Waals surface area contributed by atoms with Gasteiger partial charge in [-0.3, -0.25) is 0 Å². The molecule has 1 rings (SSSR count). The Morgan fingerprint density at radius 3 is 2.37 bits per heavy atom. The van der Waals surface area contributed by atoms with Crippen molar-refractivity contribution in [2.24, 2.45) is 0 Å². The van der Waals surface area contributed by atoms with E-state index in [-0.39, 0.29) is 16.3 Å². The first-order valence-electron chi connectivity index (χ1n) is 5.11. The van der Waals surface area contributed by atoms with Crippen LogP contribution < -0.4 is 10.1 Å². The molecule has 0 spiro atoms. The third-order valence-electron chi connectivity index (χ3n) is 2.52. The summed E-state index contributed by atoms with van der Waals surface area (Å²) >= 11 is 8.85. The lowest BCUT2D eigenvalue weighted by Crippen LogP contribution is -2.41. The second-order valence-electron chi connectivity index (χ2n) is 3.71. The summed E-state index contributed by atoms with van der Waals surface area (Å²) < 4.78 is 57.4. The van der Waals surface area contributed by atoms with Crippen molar-refractivity contribution in [1.29, 1.82) is 0 Å². The smallest absolute Gasteiger partial charge is 0.326 e. The van der Waals surface area contributed by atoms with Gasteiger partial charge in [-0.15, -0.1) is 0 Å². The van der Waals surface area contributed by atoms with Gasteiger partial charge in [0.1, 0.15) is 11.8 Å². The van der Waals surface area contributed by atoms with Crippen LogP contribution >= 0.6 is 27.5 Å². The van der Waals surface area contributed by atoms with Crippen LogP contribution in [-0.2, 0) is 0 Å². The van der Waals surface area contributed by atoms with Crippen LogP contribution in [0.15, 0.2) is 16.6 Å². The number of alkyl halides is 4. The van der Waals surface area contributed by atoms with Gasteiger partial charge in [-0.05, 0) is 35.1 Å². The van der Waals surface area contributed by atoms with Gasteiger partial charge < -0.3 is 10.1 Å². The molecule has 0 fully saturated rings. The Hall–Kier alpha value is -0.530. The summed E-state index contributed by atoms with van der Waals surface area (Å²) in [6.07, 6.45) is -3.81. The molecule has 0 aliphatic rings. The average molecular weight is 365 g/mol. The monoisotopic (exact) mass is 363 g/mol. The molecule has 1 aromatic rings. The van der Waals surface area contributed by atoms with Gasteiger partial charge in [0.2, 0.25) is 0 Å². The van der Waals surface area contributed by atoms with E-state index in [2.05, 4.69) is 21.2 Å². The second-order valence-corrected chi connectivity index (χ2v) is 5.00. The molecule has 0 radical (unpaired) electrons. The van der Waals surface area contributed by atoms with E-state index >= 15 is 0 Å². The molecule has 8 heteroatoms. The number of hydrogen-bond donors (Lipinski definition) is 1. The highest BCUT2D eigenvalue weighted by atomic mass is 79.9. The predicted octanol–water partition coefficient (Wildman–Crippen LogP) is 4.27. The minimum Gasteiger partial charge on any atom is -0.495 e. The summed E-state index contributed by atoms with van der Waals surface area (Å²) in [7, 11) is 2.42. The summed E-state index contributed by atoms with van der Waals surface area (Å²) in [6.45, 7) is 0. The molecule has 0 amide bonds. The number of halogens is 6. The Labute approximate surface area is 121 Å². The third-order valence-corrected chi connectivity index (χ3v) is 3.32. The fourth-order valence-corrected chi connectivity index (χ4v) is 2.69. The highest BCUT2D eigenvalue weighted by Crippen LogP contribution is 2.43. The minimum atomic E-state index is -4.26. The molecule has 0 aromatic heterocycles. The summed E-state index contributed by atoms with van der Waals surface area (Å²) in [5.41, 5.74) is -0.144. The Morgan fingerprint density at radius 1 is 1.37 bits per heavy atom. The van der Waals surface area contributed by atoms with E-state index in [0.29, 0.717) is 4.47 Å². The first kappa shape index (κ1) is 16.5. The summed E-state index contributed by atoms with van der Waals surface area (Å²) in [4.78, 5) is 0. The maximum absolute atomic E-state index is 13.6. The van der Waals surface area contributed by atoms with Crippen LogP contribution in [0, 0.1) is 0 Å². The number of ether oxygens (including phenoxy) is 1. The quantitative estimate of drug-likeness (QED) is 0.788. The number of nitrogens with one attached hydrogen (secondary N) is 1. The topological polar surface area (TPSA) is 21.3 Å². The SMILES string of the molecule is CNC(c1cc(Cl)cc(Br)c1OC)C(F)(F)C(F)F. The largest absolute Gasteiger partial charge is 0.495 e. The van der Waals surface area contributed by atoms with Gasteiger partial charge in [0.25, 0.3) is 0 Å². The molecular formula is C11H11BrClF4NO. The van der Waals surface area contributed by atoms with Gasteiger partial charge in [0.05, 0.1) is 11.6 Å². The molecule has 0 aliphatic carbocycles. The van der Waals surface area contributed by atoms with E-state index in [4.69, 9.17) is 16.3 Å². The van der Waals surface area contributed by atoms with Crippen molar-refractivity contribution in [1.82, 2.24) is 5.32 Å². The molecule has 0 heterocycles. The van der Waals surface area contributed by atoms with Crippen molar-refractivity contribution in [3.8, 4) is 5.75 Å². The standard InChI is InChI=1S/C11H11BrClF4NO/c1-18-9(11(16,17)10(14)15)6-3-5(13)4-7(12)8(6)19-2/h3-4,9-10,18H,1-2H3. The van der Waals surface area contributed by atoms with Gasteiger partial charge >= 0.3 is 12.3 Å². The molecule has 0 saturated carbocycles. The Bertz CT molecular complexity index is 459. The zero-order valence-electron chi connectivity index (χ0n) is 9.99. The van der Waals surface area contributed by atoms with Crippen LogP contribution in [-0.4, -0.2) is 26.5 Å². The lowest BCUT2D eigenvalue weighted by molar-refractivity contribution is -0.150. The van der Waals surface area contributed by atoms with Gasteiger partial charge in [0.15, 0.2) is 0 Å². The summed E-state index contributed by atoms with van der Waals surface area (Å²) in [5, 5.41) is 2.31. The van der Waals surface area contributed by atoms with E-state index in [9.17, 15) is 17.6 Å². The van der Waals surface area contributed by atoms with Crippen molar-refractivity contribution >= 4 is 27.5 Å². The van der Waals surface area contributed by atoms with Gasteiger partial charge in [-0.1, -0.05) is 11.6 Å². The molecule has 0 aliphatic heterocycles. The Morgan fingerprint density at radius 2 is 1.95 bits per heavy atom. The van der Waals surface area contributed by atoms with Crippen LogP contribution in [0.25, 0.3) is 0 Å². The fraction of sp³-hybridized carbons (Fsp3) is 0.455. The third kappa shape index (κ3) is 3.32. The maximum atomic E-state index is 13.6. The maximum Gasteiger partial charge on any atom is 0.326 e. The number of methoxy groups -OCH3 is 1. The molecule has 1 aromatic carbocycles. The molecule has 0 saturated heterocycles. The molecule has 1 N–H and O–H groups in total. The van der Waals surface area contributed by atoms with E-state index in [1.165, 1.54) is 19.2 Å². The molecule has 0 bridgehead atoms. The highest BCUT2D eigenvalue weighted by Gasteiger charge is 2.50. The predicted molar refractivity (Wildman–Crippen MR) is 68.5 cm³/mol. The molecule has 19 heavy (non-hydrogen) atoms. The first-order chi connectivity index (χ1) is 8.75. The van der Waals surface area contributed by atoms with E-state index in [1.54, 1.807) is 0 Å². The molecule has 108 valence electrons. The van der Waals surface area contributed by atoms with Crippen LogP contribution in [0.3, 0.4) is 0 Å².